The average molecular weight is 306 g/mol. The summed E-state index contributed by atoms with van der Waals surface area (Å²) in [6.07, 6.45) is 4.61. The van der Waals surface area contributed by atoms with Gasteiger partial charge in [0.15, 0.2) is 0 Å². The van der Waals surface area contributed by atoms with Crippen LogP contribution in [0.5, 0.6) is 5.75 Å². The highest BCUT2D eigenvalue weighted by molar-refractivity contribution is 5.88. The second-order valence-electron chi connectivity index (χ2n) is 5.45. The number of aromatic nitrogens is 2. The number of benzene rings is 2. The summed E-state index contributed by atoms with van der Waals surface area (Å²) in [5, 5.41) is 13.4. The number of carboxylic acids is 1. The van der Waals surface area contributed by atoms with Crippen LogP contribution in [0.4, 0.5) is 0 Å². The average Bonchev–Trinajstić information content (AvgIpc) is 3.23. The molecule has 0 fully saturated rings. The van der Waals surface area contributed by atoms with Gasteiger partial charge >= 0.3 is 5.97 Å². The molecule has 1 aliphatic heterocycles. The van der Waals surface area contributed by atoms with Gasteiger partial charge in [-0.15, -0.1) is 0 Å². The molecule has 0 radical (unpaired) electrons. The largest absolute Gasteiger partial charge is 0.493 e. The van der Waals surface area contributed by atoms with Gasteiger partial charge in [0.1, 0.15) is 5.75 Å². The van der Waals surface area contributed by atoms with Crippen LogP contribution in [0.25, 0.3) is 16.8 Å². The minimum atomic E-state index is -0.949. The molecule has 0 atom stereocenters. The number of carboxylic acid groups (broad SMARTS) is 1. The van der Waals surface area contributed by atoms with Crippen molar-refractivity contribution in [1.82, 2.24) is 9.78 Å². The first kappa shape index (κ1) is 13.6. The van der Waals surface area contributed by atoms with Gasteiger partial charge in [-0.1, -0.05) is 18.2 Å². The lowest BCUT2D eigenvalue weighted by Crippen LogP contribution is -1.99. The van der Waals surface area contributed by atoms with Gasteiger partial charge in [0.25, 0.3) is 0 Å². The second-order valence-corrected chi connectivity index (χ2v) is 5.45. The van der Waals surface area contributed by atoms with Gasteiger partial charge in [-0.3, -0.25) is 0 Å². The molecular weight excluding hydrogens is 292 g/mol. The molecule has 1 aliphatic rings. The molecule has 0 saturated heterocycles. The van der Waals surface area contributed by atoms with Gasteiger partial charge in [-0.2, -0.15) is 5.10 Å². The molecule has 3 aromatic rings. The fourth-order valence-corrected chi connectivity index (χ4v) is 2.74. The third-order valence-corrected chi connectivity index (χ3v) is 3.97. The standard InChI is InChI=1S/C18H14N2O3/c21-18(22)14-2-1-3-16(8-14)20-11-15(10-19-20)13-5-4-12-6-7-23-17(12)9-13/h1-5,8-11H,6-7H2,(H,21,22). The van der Waals surface area contributed by atoms with E-state index >= 15 is 0 Å². The first-order valence-electron chi connectivity index (χ1n) is 7.35. The van der Waals surface area contributed by atoms with E-state index in [-0.39, 0.29) is 5.56 Å². The maximum Gasteiger partial charge on any atom is 0.335 e. The maximum absolute atomic E-state index is 11.1. The van der Waals surface area contributed by atoms with E-state index in [4.69, 9.17) is 9.84 Å². The molecule has 0 saturated carbocycles. The van der Waals surface area contributed by atoms with Crippen LogP contribution in [0.2, 0.25) is 0 Å². The van der Waals surface area contributed by atoms with Crippen LogP contribution in [0.3, 0.4) is 0 Å². The lowest BCUT2D eigenvalue weighted by atomic mass is 10.1. The van der Waals surface area contributed by atoms with Crippen molar-refractivity contribution in [3.05, 3.63) is 66.0 Å². The van der Waals surface area contributed by atoms with Crippen molar-refractivity contribution in [2.24, 2.45) is 0 Å². The molecule has 5 heteroatoms. The summed E-state index contributed by atoms with van der Waals surface area (Å²) in [5.41, 5.74) is 4.18. The zero-order valence-electron chi connectivity index (χ0n) is 12.3. The van der Waals surface area contributed by atoms with E-state index in [0.29, 0.717) is 5.69 Å². The summed E-state index contributed by atoms with van der Waals surface area (Å²) in [7, 11) is 0. The van der Waals surface area contributed by atoms with E-state index in [2.05, 4.69) is 17.2 Å². The fourth-order valence-electron chi connectivity index (χ4n) is 2.74. The molecule has 1 aromatic heterocycles. The number of hydrogen-bond donors (Lipinski definition) is 1. The molecule has 2 heterocycles. The summed E-state index contributed by atoms with van der Waals surface area (Å²) in [6, 6.07) is 12.9. The van der Waals surface area contributed by atoms with Crippen molar-refractivity contribution in [2.75, 3.05) is 6.61 Å². The van der Waals surface area contributed by atoms with E-state index < -0.39 is 5.97 Å². The first-order chi connectivity index (χ1) is 11.2. The highest BCUT2D eigenvalue weighted by Crippen LogP contribution is 2.31. The minimum absolute atomic E-state index is 0.241. The fraction of sp³-hybridized carbons (Fsp3) is 0.111. The molecule has 114 valence electrons. The third-order valence-electron chi connectivity index (χ3n) is 3.97. The zero-order valence-corrected chi connectivity index (χ0v) is 12.3. The van der Waals surface area contributed by atoms with Gasteiger partial charge in [0.2, 0.25) is 0 Å². The highest BCUT2D eigenvalue weighted by atomic mass is 16.5. The van der Waals surface area contributed by atoms with Gasteiger partial charge in [-0.25, -0.2) is 9.48 Å². The molecule has 5 nitrogen and oxygen atoms in total. The summed E-state index contributed by atoms with van der Waals surface area (Å²) >= 11 is 0. The van der Waals surface area contributed by atoms with Crippen molar-refractivity contribution < 1.29 is 14.6 Å². The van der Waals surface area contributed by atoms with Gasteiger partial charge in [0.05, 0.1) is 24.1 Å². The van der Waals surface area contributed by atoms with Crippen molar-refractivity contribution in [2.45, 2.75) is 6.42 Å². The molecule has 23 heavy (non-hydrogen) atoms. The number of fused-ring (bicyclic) bond motifs is 1. The van der Waals surface area contributed by atoms with Crippen LogP contribution in [0.1, 0.15) is 15.9 Å². The zero-order chi connectivity index (χ0) is 15.8. The van der Waals surface area contributed by atoms with Crippen LogP contribution in [-0.4, -0.2) is 27.5 Å². The Morgan fingerprint density at radius 3 is 2.96 bits per heavy atom. The normalized spacial score (nSPS) is 12.7. The Kier molecular flexibility index (Phi) is 3.12. The van der Waals surface area contributed by atoms with Crippen molar-refractivity contribution in [3.63, 3.8) is 0 Å². The van der Waals surface area contributed by atoms with Crippen LogP contribution in [0.15, 0.2) is 54.9 Å². The van der Waals surface area contributed by atoms with E-state index in [0.717, 1.165) is 29.9 Å². The summed E-state index contributed by atoms with van der Waals surface area (Å²) in [6.45, 7) is 0.736. The highest BCUT2D eigenvalue weighted by Gasteiger charge is 2.13. The molecule has 0 aliphatic carbocycles. The number of ether oxygens (including phenoxy) is 1. The Labute approximate surface area is 132 Å². The van der Waals surface area contributed by atoms with Crippen molar-refractivity contribution in [3.8, 4) is 22.6 Å². The van der Waals surface area contributed by atoms with E-state index in [1.54, 1.807) is 29.1 Å². The molecule has 0 bridgehead atoms. The Morgan fingerprint density at radius 2 is 2.09 bits per heavy atom. The molecular formula is C18H14N2O3. The van der Waals surface area contributed by atoms with Crippen LogP contribution >= 0.6 is 0 Å². The number of rotatable bonds is 3. The van der Waals surface area contributed by atoms with E-state index in [1.165, 1.54) is 5.56 Å². The van der Waals surface area contributed by atoms with Crippen LogP contribution in [0, 0.1) is 0 Å². The van der Waals surface area contributed by atoms with E-state index in [1.807, 2.05) is 18.3 Å². The minimum Gasteiger partial charge on any atom is -0.493 e. The number of aromatic carboxylic acids is 1. The van der Waals surface area contributed by atoms with Crippen LogP contribution < -0.4 is 4.74 Å². The predicted octanol–water partition coefficient (Wildman–Crippen LogP) is 3.17. The first-order valence-corrected chi connectivity index (χ1v) is 7.35. The molecule has 2 aromatic carbocycles. The van der Waals surface area contributed by atoms with Gasteiger partial charge in [-0.05, 0) is 35.4 Å². The second kappa shape index (κ2) is 5.28. The maximum atomic E-state index is 11.1. The molecule has 1 N–H and O–H groups in total. The smallest absolute Gasteiger partial charge is 0.335 e. The van der Waals surface area contributed by atoms with Crippen LogP contribution in [-0.2, 0) is 6.42 Å². The lowest BCUT2D eigenvalue weighted by Gasteiger charge is -2.03. The predicted molar refractivity (Wildman–Crippen MR) is 85.2 cm³/mol. The van der Waals surface area contributed by atoms with E-state index in [9.17, 15) is 4.79 Å². The Bertz CT molecular complexity index is 899. The topological polar surface area (TPSA) is 64.3 Å². The summed E-state index contributed by atoms with van der Waals surface area (Å²) < 4.78 is 7.28. The monoisotopic (exact) mass is 306 g/mol. The summed E-state index contributed by atoms with van der Waals surface area (Å²) in [4.78, 5) is 11.1. The van der Waals surface area contributed by atoms with Gasteiger partial charge in [0, 0.05) is 18.2 Å². The van der Waals surface area contributed by atoms with Crippen molar-refractivity contribution >= 4 is 5.97 Å². The molecule has 0 amide bonds. The molecule has 0 unspecified atom stereocenters. The quantitative estimate of drug-likeness (QED) is 0.807. The number of nitrogens with zero attached hydrogens (tertiary/aromatic N) is 2. The molecule has 4 rings (SSSR count). The Morgan fingerprint density at radius 1 is 1.17 bits per heavy atom. The Hall–Kier alpha value is -3.08. The SMILES string of the molecule is O=C(O)c1cccc(-n2cc(-c3ccc4c(c3)OCC4)cn2)c1. The molecule has 0 spiro atoms. The number of hydrogen-bond acceptors (Lipinski definition) is 3. The van der Waals surface area contributed by atoms with Crippen molar-refractivity contribution in [1.29, 1.82) is 0 Å². The lowest BCUT2D eigenvalue weighted by molar-refractivity contribution is 0.0697. The van der Waals surface area contributed by atoms with Gasteiger partial charge < -0.3 is 9.84 Å². The Balaban J connectivity index is 1.69. The number of carbonyl (C=O) groups is 1. The summed E-state index contributed by atoms with van der Waals surface area (Å²) in [5.74, 6) is -0.0156. The third kappa shape index (κ3) is 2.46.